The first-order chi connectivity index (χ1) is 8.70. The van der Waals surface area contributed by atoms with E-state index in [1.807, 2.05) is 0 Å². The molecule has 0 saturated carbocycles. The topological polar surface area (TPSA) is 109 Å². The molecule has 2 N–H and O–H groups in total. The van der Waals surface area contributed by atoms with Gasteiger partial charge in [-0.15, -0.1) is 0 Å². The third-order valence-electron chi connectivity index (χ3n) is 3.56. The minimum Gasteiger partial charge on any atom is -0.494 e. The van der Waals surface area contributed by atoms with Crippen molar-refractivity contribution in [3.05, 3.63) is 26.4 Å². The summed E-state index contributed by atoms with van der Waals surface area (Å²) in [7, 11) is -3.23. The predicted octanol–water partition coefficient (Wildman–Crippen LogP) is -0.662. The molecule has 0 radical (unpaired) electrons. The second-order valence-electron chi connectivity index (χ2n) is 5.09. The standard InChI is InChI=1S/C11H16N2O5S/c1-3-7-8(14)12-10(16)13(9(7)15)11(2)4-5-19(17,18)6-11/h15H,3-6H2,1-2H3,(H,12,14,16). The van der Waals surface area contributed by atoms with Gasteiger partial charge in [0.1, 0.15) is 0 Å². The molecule has 0 aromatic carbocycles. The van der Waals surface area contributed by atoms with E-state index in [2.05, 4.69) is 4.98 Å². The van der Waals surface area contributed by atoms with E-state index in [4.69, 9.17) is 0 Å². The van der Waals surface area contributed by atoms with E-state index in [0.717, 1.165) is 4.57 Å². The minimum atomic E-state index is -3.23. The summed E-state index contributed by atoms with van der Waals surface area (Å²) in [6.07, 6.45) is 0.488. The number of H-pyrrole nitrogens is 1. The lowest BCUT2D eigenvalue weighted by molar-refractivity contribution is 0.286. The van der Waals surface area contributed by atoms with Crippen LogP contribution < -0.4 is 11.2 Å². The number of hydrogen-bond acceptors (Lipinski definition) is 5. The lowest BCUT2D eigenvalue weighted by Gasteiger charge is -2.26. The van der Waals surface area contributed by atoms with Crippen LogP contribution in [0.1, 0.15) is 25.8 Å². The van der Waals surface area contributed by atoms with Crippen molar-refractivity contribution in [2.45, 2.75) is 32.2 Å². The summed E-state index contributed by atoms with van der Waals surface area (Å²) in [5.41, 5.74) is -2.34. The van der Waals surface area contributed by atoms with Gasteiger partial charge in [0.05, 0.1) is 22.6 Å². The fraction of sp³-hybridized carbons (Fsp3) is 0.636. The number of sulfone groups is 1. The summed E-state index contributed by atoms with van der Waals surface area (Å²) in [4.78, 5) is 25.6. The van der Waals surface area contributed by atoms with Crippen molar-refractivity contribution in [3.63, 3.8) is 0 Å². The number of aromatic amines is 1. The van der Waals surface area contributed by atoms with Crippen molar-refractivity contribution < 1.29 is 13.5 Å². The molecule has 1 aliphatic heterocycles. The van der Waals surface area contributed by atoms with E-state index < -0.39 is 32.5 Å². The van der Waals surface area contributed by atoms with Crippen LogP contribution in [0.5, 0.6) is 5.88 Å². The average molecular weight is 288 g/mol. The summed E-state index contributed by atoms with van der Waals surface area (Å²) in [5.74, 6) is -0.686. The van der Waals surface area contributed by atoms with Crippen molar-refractivity contribution in [1.29, 1.82) is 0 Å². The highest BCUT2D eigenvalue weighted by molar-refractivity contribution is 7.91. The monoisotopic (exact) mass is 288 g/mol. The lowest BCUT2D eigenvalue weighted by Crippen LogP contribution is -2.44. The molecule has 1 aliphatic rings. The van der Waals surface area contributed by atoms with Crippen LogP contribution in [0.3, 0.4) is 0 Å². The van der Waals surface area contributed by atoms with Gasteiger partial charge in [0.2, 0.25) is 5.88 Å². The maximum absolute atomic E-state index is 11.9. The van der Waals surface area contributed by atoms with E-state index in [1.165, 1.54) is 0 Å². The maximum Gasteiger partial charge on any atom is 0.331 e. The Morgan fingerprint density at radius 1 is 1.42 bits per heavy atom. The first-order valence-corrected chi connectivity index (χ1v) is 7.80. The van der Waals surface area contributed by atoms with Gasteiger partial charge in [-0.2, -0.15) is 0 Å². The molecule has 0 aliphatic carbocycles. The summed E-state index contributed by atoms with van der Waals surface area (Å²) >= 11 is 0. The predicted molar refractivity (Wildman–Crippen MR) is 69.3 cm³/mol. The third kappa shape index (κ3) is 2.20. The third-order valence-corrected chi connectivity index (χ3v) is 5.44. The van der Waals surface area contributed by atoms with Crippen molar-refractivity contribution in [2.24, 2.45) is 0 Å². The van der Waals surface area contributed by atoms with Gasteiger partial charge in [-0.05, 0) is 19.8 Å². The average Bonchev–Trinajstić information content (AvgIpc) is 2.53. The Labute approximate surface area is 109 Å². The molecule has 106 valence electrons. The van der Waals surface area contributed by atoms with Gasteiger partial charge in [-0.25, -0.2) is 13.2 Å². The molecule has 1 atom stereocenters. The molecule has 2 heterocycles. The van der Waals surface area contributed by atoms with Crippen LogP contribution in [0.15, 0.2) is 9.59 Å². The Kier molecular flexibility index (Phi) is 3.08. The molecule has 1 aromatic heterocycles. The molecule has 2 rings (SSSR count). The van der Waals surface area contributed by atoms with E-state index in [-0.39, 0.29) is 29.9 Å². The Bertz CT molecular complexity index is 730. The van der Waals surface area contributed by atoms with E-state index in [9.17, 15) is 23.1 Å². The highest BCUT2D eigenvalue weighted by atomic mass is 32.2. The second kappa shape index (κ2) is 4.22. The first-order valence-electron chi connectivity index (χ1n) is 5.98. The number of aromatic nitrogens is 2. The lowest BCUT2D eigenvalue weighted by atomic mass is 10.0. The number of hydrogen-bond donors (Lipinski definition) is 2. The van der Waals surface area contributed by atoms with Crippen LogP contribution in [0.4, 0.5) is 0 Å². The van der Waals surface area contributed by atoms with Gasteiger partial charge in [-0.3, -0.25) is 14.3 Å². The van der Waals surface area contributed by atoms with Gasteiger partial charge in [0.15, 0.2) is 9.84 Å². The number of aromatic hydroxyl groups is 1. The maximum atomic E-state index is 11.9. The summed E-state index contributed by atoms with van der Waals surface area (Å²) < 4.78 is 24.2. The van der Waals surface area contributed by atoms with Crippen molar-refractivity contribution in [2.75, 3.05) is 11.5 Å². The zero-order valence-corrected chi connectivity index (χ0v) is 11.6. The molecule has 1 unspecified atom stereocenters. The van der Waals surface area contributed by atoms with Crippen LogP contribution in [0.2, 0.25) is 0 Å². The van der Waals surface area contributed by atoms with E-state index in [1.54, 1.807) is 13.8 Å². The Morgan fingerprint density at radius 2 is 2.05 bits per heavy atom. The number of nitrogens with zero attached hydrogens (tertiary/aromatic N) is 1. The molecule has 1 fully saturated rings. The summed E-state index contributed by atoms with van der Waals surface area (Å²) in [5, 5.41) is 10.1. The molecular formula is C11H16N2O5S. The minimum absolute atomic E-state index is 0.0318. The van der Waals surface area contributed by atoms with Gasteiger partial charge in [-0.1, -0.05) is 6.92 Å². The fourth-order valence-electron chi connectivity index (χ4n) is 2.55. The zero-order valence-electron chi connectivity index (χ0n) is 10.8. The molecule has 1 saturated heterocycles. The molecule has 7 nitrogen and oxygen atoms in total. The van der Waals surface area contributed by atoms with Crippen LogP contribution in [-0.2, 0) is 21.8 Å². The van der Waals surface area contributed by atoms with Gasteiger partial charge in [0.25, 0.3) is 5.56 Å². The van der Waals surface area contributed by atoms with Crippen LogP contribution in [-0.4, -0.2) is 34.6 Å². The Morgan fingerprint density at radius 3 is 2.53 bits per heavy atom. The molecule has 0 bridgehead atoms. The van der Waals surface area contributed by atoms with E-state index in [0.29, 0.717) is 0 Å². The molecule has 8 heteroatoms. The quantitative estimate of drug-likeness (QED) is 0.750. The van der Waals surface area contributed by atoms with E-state index >= 15 is 0 Å². The fourth-order valence-corrected chi connectivity index (χ4v) is 4.67. The van der Waals surface area contributed by atoms with Crippen LogP contribution in [0.25, 0.3) is 0 Å². The first kappa shape index (κ1) is 13.9. The molecule has 1 aromatic rings. The Balaban J connectivity index is 2.71. The van der Waals surface area contributed by atoms with Crippen molar-refractivity contribution in [3.8, 4) is 5.88 Å². The van der Waals surface area contributed by atoms with Crippen molar-refractivity contribution in [1.82, 2.24) is 9.55 Å². The molecule has 19 heavy (non-hydrogen) atoms. The molecular weight excluding hydrogens is 272 g/mol. The Hall–Kier alpha value is -1.57. The van der Waals surface area contributed by atoms with Crippen LogP contribution >= 0.6 is 0 Å². The van der Waals surface area contributed by atoms with Crippen molar-refractivity contribution >= 4 is 9.84 Å². The zero-order chi connectivity index (χ0) is 14.4. The highest BCUT2D eigenvalue weighted by Crippen LogP contribution is 2.32. The SMILES string of the molecule is CCc1c(O)n(C2(C)CCS(=O)(=O)C2)c(=O)[nH]c1=O. The van der Waals surface area contributed by atoms with Gasteiger partial charge >= 0.3 is 5.69 Å². The number of nitrogens with one attached hydrogen (secondary N) is 1. The normalized spacial score (nSPS) is 25.6. The highest BCUT2D eigenvalue weighted by Gasteiger charge is 2.42. The van der Waals surface area contributed by atoms with Crippen LogP contribution in [0, 0.1) is 0 Å². The summed E-state index contributed by atoms with van der Waals surface area (Å²) in [6.45, 7) is 3.27. The van der Waals surface area contributed by atoms with Gasteiger partial charge in [0, 0.05) is 0 Å². The molecule has 0 amide bonds. The second-order valence-corrected chi connectivity index (χ2v) is 7.27. The summed E-state index contributed by atoms with van der Waals surface area (Å²) in [6, 6.07) is 0. The number of rotatable bonds is 2. The van der Waals surface area contributed by atoms with Gasteiger partial charge < -0.3 is 5.11 Å². The molecule has 0 spiro atoms. The largest absolute Gasteiger partial charge is 0.494 e. The smallest absolute Gasteiger partial charge is 0.331 e.